The van der Waals surface area contributed by atoms with Crippen LogP contribution in [0.2, 0.25) is 0 Å². The third-order valence-electron chi connectivity index (χ3n) is 4.56. The molecule has 2 aliphatic rings. The fraction of sp³-hybridized carbons (Fsp3) is 0.571. The smallest absolute Gasteiger partial charge is 0.322 e. The first-order valence-electron chi connectivity index (χ1n) is 7.64. The van der Waals surface area contributed by atoms with Crippen molar-refractivity contribution in [1.29, 1.82) is 0 Å². The van der Waals surface area contributed by atoms with Gasteiger partial charge in [0.1, 0.15) is 17.8 Å². The Morgan fingerprint density at radius 2 is 2.29 bits per heavy atom. The van der Waals surface area contributed by atoms with E-state index in [-0.39, 0.29) is 24.1 Å². The summed E-state index contributed by atoms with van der Waals surface area (Å²) in [7, 11) is 0. The van der Waals surface area contributed by atoms with Crippen molar-refractivity contribution in [1.82, 2.24) is 25.7 Å². The van der Waals surface area contributed by atoms with Crippen LogP contribution < -0.4 is 16.0 Å². The van der Waals surface area contributed by atoms with Crippen LogP contribution in [-0.2, 0) is 11.3 Å². The zero-order valence-corrected chi connectivity index (χ0v) is 12.7. The lowest BCUT2D eigenvalue weighted by Gasteiger charge is -2.28. The molecule has 1 spiro atoms. The standard InChI is InChI=1S/C14H17F2N5O3/c15-10(16)7-21-9(3-5-18-21)11(22)17-6-8-2-1-4-14(8)12(23)19-13(24)20-14/h3,5,8,10H,1-2,4,6-7H2,(H,17,22)(H2,19,20,23,24). The first kappa shape index (κ1) is 16.3. The van der Waals surface area contributed by atoms with E-state index in [1.165, 1.54) is 12.3 Å². The molecule has 10 heteroatoms. The number of hydrogen-bond donors (Lipinski definition) is 3. The summed E-state index contributed by atoms with van der Waals surface area (Å²) in [6.45, 7) is -0.506. The molecular weight excluding hydrogens is 324 g/mol. The van der Waals surface area contributed by atoms with Crippen LogP contribution in [0.1, 0.15) is 29.8 Å². The largest absolute Gasteiger partial charge is 0.350 e. The Balaban J connectivity index is 1.65. The van der Waals surface area contributed by atoms with Gasteiger partial charge >= 0.3 is 6.03 Å². The number of carbonyl (C=O) groups excluding carboxylic acids is 3. The van der Waals surface area contributed by atoms with E-state index in [9.17, 15) is 23.2 Å². The van der Waals surface area contributed by atoms with Gasteiger partial charge in [-0.05, 0) is 18.9 Å². The Morgan fingerprint density at radius 1 is 1.50 bits per heavy atom. The number of aromatic nitrogens is 2. The number of amides is 4. The minimum Gasteiger partial charge on any atom is -0.350 e. The Hall–Kier alpha value is -2.52. The fourth-order valence-corrected chi connectivity index (χ4v) is 3.43. The maximum Gasteiger partial charge on any atom is 0.322 e. The Labute approximate surface area is 136 Å². The summed E-state index contributed by atoms with van der Waals surface area (Å²) in [5, 5.41) is 11.2. The molecule has 2 fully saturated rings. The van der Waals surface area contributed by atoms with E-state index in [1.54, 1.807) is 0 Å². The molecule has 24 heavy (non-hydrogen) atoms. The molecule has 0 bridgehead atoms. The van der Waals surface area contributed by atoms with E-state index >= 15 is 0 Å². The normalized spacial score (nSPS) is 26.0. The molecule has 1 aliphatic carbocycles. The highest BCUT2D eigenvalue weighted by Gasteiger charge is 2.54. The number of urea groups is 1. The third kappa shape index (κ3) is 2.83. The van der Waals surface area contributed by atoms with Crippen molar-refractivity contribution < 1.29 is 23.2 Å². The second-order valence-corrected chi connectivity index (χ2v) is 5.97. The van der Waals surface area contributed by atoms with Crippen LogP contribution in [0.25, 0.3) is 0 Å². The number of imide groups is 1. The van der Waals surface area contributed by atoms with Crippen molar-refractivity contribution in [2.45, 2.75) is 37.8 Å². The summed E-state index contributed by atoms with van der Waals surface area (Å²) in [5.41, 5.74) is -0.963. The maximum absolute atomic E-state index is 12.5. The van der Waals surface area contributed by atoms with Crippen molar-refractivity contribution >= 4 is 17.8 Å². The van der Waals surface area contributed by atoms with Gasteiger partial charge in [-0.3, -0.25) is 19.6 Å². The molecule has 1 aromatic rings. The first-order valence-corrected chi connectivity index (χ1v) is 7.64. The van der Waals surface area contributed by atoms with Gasteiger partial charge < -0.3 is 10.6 Å². The zero-order chi connectivity index (χ0) is 17.3. The SMILES string of the molecule is O=C1NC(=O)C2(CCCC2CNC(=O)c2ccnn2CC(F)F)N1. The summed E-state index contributed by atoms with van der Waals surface area (Å²) in [5.74, 6) is -1.17. The highest BCUT2D eigenvalue weighted by molar-refractivity contribution is 6.07. The van der Waals surface area contributed by atoms with Crippen LogP contribution in [-0.4, -0.2) is 46.1 Å². The predicted molar refractivity (Wildman–Crippen MR) is 77.3 cm³/mol. The Kier molecular flexibility index (Phi) is 4.20. The second-order valence-electron chi connectivity index (χ2n) is 5.97. The molecule has 2 atom stereocenters. The van der Waals surface area contributed by atoms with Gasteiger partial charge in [-0.2, -0.15) is 5.10 Å². The molecule has 0 aromatic carbocycles. The quantitative estimate of drug-likeness (QED) is 0.668. The molecule has 8 nitrogen and oxygen atoms in total. The maximum atomic E-state index is 12.5. The van der Waals surface area contributed by atoms with Crippen molar-refractivity contribution in [3.8, 4) is 0 Å². The van der Waals surface area contributed by atoms with Crippen molar-refractivity contribution in [3.05, 3.63) is 18.0 Å². The first-order chi connectivity index (χ1) is 11.4. The van der Waals surface area contributed by atoms with Gasteiger partial charge in [0.15, 0.2) is 0 Å². The van der Waals surface area contributed by atoms with Crippen LogP contribution in [0.5, 0.6) is 0 Å². The summed E-state index contributed by atoms with van der Waals surface area (Å²) in [6, 6.07) is 0.819. The summed E-state index contributed by atoms with van der Waals surface area (Å²) in [6.07, 6.45) is 0.585. The molecule has 130 valence electrons. The van der Waals surface area contributed by atoms with Crippen LogP contribution in [0.15, 0.2) is 12.3 Å². The lowest BCUT2D eigenvalue weighted by atomic mass is 9.87. The third-order valence-corrected chi connectivity index (χ3v) is 4.56. The fourth-order valence-electron chi connectivity index (χ4n) is 3.43. The van der Waals surface area contributed by atoms with E-state index in [2.05, 4.69) is 21.0 Å². The minimum atomic E-state index is -2.62. The topological polar surface area (TPSA) is 105 Å². The van der Waals surface area contributed by atoms with Crippen molar-refractivity contribution in [3.63, 3.8) is 0 Å². The number of hydrogen-bond acceptors (Lipinski definition) is 4. The van der Waals surface area contributed by atoms with Gasteiger partial charge in [0.05, 0.1) is 0 Å². The summed E-state index contributed by atoms with van der Waals surface area (Å²) < 4.78 is 25.9. The van der Waals surface area contributed by atoms with E-state index in [0.29, 0.717) is 12.8 Å². The van der Waals surface area contributed by atoms with E-state index in [1.807, 2.05) is 0 Å². The van der Waals surface area contributed by atoms with Crippen LogP contribution in [0.4, 0.5) is 13.6 Å². The number of nitrogens with zero attached hydrogens (tertiary/aromatic N) is 2. The number of halogens is 2. The number of alkyl halides is 2. The lowest BCUT2D eigenvalue weighted by molar-refractivity contribution is -0.125. The second kappa shape index (κ2) is 6.17. The average Bonchev–Trinajstić information content (AvgIpc) is 3.18. The van der Waals surface area contributed by atoms with Crippen LogP contribution in [0.3, 0.4) is 0 Å². The van der Waals surface area contributed by atoms with Crippen LogP contribution in [0, 0.1) is 5.92 Å². The van der Waals surface area contributed by atoms with E-state index < -0.39 is 30.4 Å². The molecule has 0 radical (unpaired) electrons. The molecule has 1 saturated heterocycles. The highest BCUT2D eigenvalue weighted by atomic mass is 19.3. The average molecular weight is 341 g/mol. The van der Waals surface area contributed by atoms with Gasteiger partial charge in [-0.1, -0.05) is 6.42 Å². The predicted octanol–water partition coefficient (Wildman–Crippen LogP) is 0.256. The van der Waals surface area contributed by atoms with Gasteiger partial charge in [-0.15, -0.1) is 0 Å². The summed E-state index contributed by atoms with van der Waals surface area (Å²) >= 11 is 0. The molecule has 3 N–H and O–H groups in total. The molecule has 4 amide bonds. The van der Waals surface area contributed by atoms with Crippen LogP contribution >= 0.6 is 0 Å². The molecular formula is C14H17F2N5O3. The number of rotatable bonds is 5. The van der Waals surface area contributed by atoms with Gasteiger partial charge in [0.25, 0.3) is 18.2 Å². The minimum absolute atomic E-state index is 0.0299. The Morgan fingerprint density at radius 3 is 2.96 bits per heavy atom. The Bertz CT molecular complexity index is 677. The molecule has 1 saturated carbocycles. The van der Waals surface area contributed by atoms with Gasteiger partial charge in [0.2, 0.25) is 0 Å². The zero-order valence-electron chi connectivity index (χ0n) is 12.7. The van der Waals surface area contributed by atoms with Crippen molar-refractivity contribution in [2.75, 3.05) is 6.54 Å². The molecule has 1 aromatic heterocycles. The number of nitrogens with one attached hydrogen (secondary N) is 3. The monoisotopic (exact) mass is 341 g/mol. The molecule has 1 aliphatic heterocycles. The molecule has 3 rings (SSSR count). The van der Waals surface area contributed by atoms with Gasteiger partial charge in [0, 0.05) is 18.7 Å². The number of carbonyl (C=O) groups is 3. The highest BCUT2D eigenvalue weighted by Crippen LogP contribution is 2.37. The van der Waals surface area contributed by atoms with Crippen molar-refractivity contribution in [2.24, 2.45) is 5.92 Å². The molecule has 2 unspecified atom stereocenters. The lowest BCUT2D eigenvalue weighted by Crippen LogP contribution is -2.53. The van der Waals surface area contributed by atoms with E-state index in [0.717, 1.165) is 11.1 Å². The summed E-state index contributed by atoms with van der Waals surface area (Å²) in [4.78, 5) is 35.7. The molecule has 2 heterocycles. The van der Waals surface area contributed by atoms with Gasteiger partial charge in [-0.25, -0.2) is 13.6 Å². The van der Waals surface area contributed by atoms with E-state index in [4.69, 9.17) is 0 Å².